The highest BCUT2D eigenvalue weighted by Crippen LogP contribution is 2.32. The summed E-state index contributed by atoms with van der Waals surface area (Å²) in [5.74, 6) is 1.32. The Labute approximate surface area is 245 Å². The number of aromatic amines is 1. The molecule has 5 aromatic rings. The summed E-state index contributed by atoms with van der Waals surface area (Å²) >= 11 is 0. The Morgan fingerprint density at radius 1 is 0.929 bits per heavy atom. The topological polar surface area (TPSA) is 103 Å². The Bertz CT molecular complexity index is 1810. The maximum Gasteiger partial charge on any atom is 0.439 e. The molecule has 0 unspecified atom stereocenters. The molecule has 0 aliphatic rings. The van der Waals surface area contributed by atoms with Crippen molar-refractivity contribution in [2.24, 2.45) is 0 Å². The van der Waals surface area contributed by atoms with Crippen molar-refractivity contribution in [1.82, 2.24) is 19.7 Å². The van der Waals surface area contributed by atoms with E-state index in [-0.39, 0.29) is 11.2 Å². The molecule has 0 bridgehead atoms. The zero-order valence-electron chi connectivity index (χ0n) is 24.7. The Morgan fingerprint density at radius 2 is 1.67 bits per heavy atom. The quantitative estimate of drug-likeness (QED) is 0.218. The molecule has 0 aliphatic carbocycles. The Morgan fingerprint density at radius 3 is 2.31 bits per heavy atom. The van der Waals surface area contributed by atoms with Crippen LogP contribution in [0.2, 0.25) is 0 Å². The van der Waals surface area contributed by atoms with Gasteiger partial charge in [-0.2, -0.15) is 0 Å². The molecule has 2 heterocycles. The number of aromatic nitrogens is 4. The lowest BCUT2D eigenvalue weighted by Gasteiger charge is -2.24. The molecule has 0 spiro atoms. The van der Waals surface area contributed by atoms with Gasteiger partial charge in [0, 0.05) is 35.7 Å². The van der Waals surface area contributed by atoms with Crippen molar-refractivity contribution in [3.05, 3.63) is 116 Å². The van der Waals surface area contributed by atoms with Crippen molar-refractivity contribution >= 4 is 0 Å². The number of ether oxygens (including phenoxy) is 1. The second-order valence-electron chi connectivity index (χ2n) is 11.3. The molecule has 0 amide bonds. The first kappa shape index (κ1) is 28.8. The van der Waals surface area contributed by atoms with E-state index in [0.29, 0.717) is 18.7 Å². The number of rotatable bonds is 9. The summed E-state index contributed by atoms with van der Waals surface area (Å²) in [6.07, 6.45) is 2.97. The summed E-state index contributed by atoms with van der Waals surface area (Å²) in [6, 6.07) is 23.5. The van der Waals surface area contributed by atoms with Gasteiger partial charge >= 0.3 is 5.76 Å². The lowest BCUT2D eigenvalue weighted by atomic mass is 9.96. The average molecular weight is 565 g/mol. The second kappa shape index (κ2) is 12.0. The van der Waals surface area contributed by atoms with Crippen LogP contribution < -0.4 is 16.1 Å². The molecule has 1 N–H and O–H groups in total. The van der Waals surface area contributed by atoms with Crippen molar-refractivity contribution in [2.75, 3.05) is 0 Å². The number of nitrogens with one attached hydrogen (secondary N) is 1. The predicted octanol–water partition coefficient (Wildman–Crippen LogP) is 6.53. The molecule has 0 radical (unpaired) electrons. The third-order valence-electron chi connectivity index (χ3n) is 6.86. The summed E-state index contributed by atoms with van der Waals surface area (Å²) in [4.78, 5) is 32.2. The zero-order chi connectivity index (χ0) is 29.9. The van der Waals surface area contributed by atoms with Gasteiger partial charge in [-0.15, -0.1) is 0 Å². The maximum atomic E-state index is 13.2. The van der Waals surface area contributed by atoms with E-state index in [1.54, 1.807) is 10.6 Å². The van der Waals surface area contributed by atoms with Crippen LogP contribution in [0.1, 0.15) is 63.7 Å². The molecule has 0 saturated carbocycles. The van der Waals surface area contributed by atoms with Crippen LogP contribution in [0.15, 0.2) is 86.9 Å². The van der Waals surface area contributed by atoms with E-state index in [2.05, 4.69) is 41.3 Å². The summed E-state index contributed by atoms with van der Waals surface area (Å²) in [5, 5.41) is 3.86. The molecule has 5 rings (SSSR count). The fourth-order valence-electron chi connectivity index (χ4n) is 5.06. The molecule has 8 nitrogen and oxygen atoms in total. The molecule has 8 heteroatoms. The standard InChI is InChI=1S/C34H36N4O4/c1-6-10-25-21-31(39)38(30(7-2)35-25)26-17-18-29(41-34(3,4)5)24(20-26)19-22-13-15-23(16-14-22)27-11-8-9-12-28(27)32-36-33(40)42-37-32/h8-9,11-18,20-21H,6-7,10,19H2,1-5H3,(H,36,37,40). The van der Waals surface area contributed by atoms with Gasteiger partial charge in [0.05, 0.1) is 5.69 Å². The van der Waals surface area contributed by atoms with Crippen LogP contribution in [-0.4, -0.2) is 25.3 Å². The Hall–Kier alpha value is -4.72. The van der Waals surface area contributed by atoms with Gasteiger partial charge in [0.1, 0.15) is 17.2 Å². The van der Waals surface area contributed by atoms with Gasteiger partial charge in [-0.25, -0.2) is 9.78 Å². The molecule has 42 heavy (non-hydrogen) atoms. The highest BCUT2D eigenvalue weighted by molar-refractivity contribution is 5.80. The molecular weight excluding hydrogens is 528 g/mol. The largest absolute Gasteiger partial charge is 0.488 e. The predicted molar refractivity (Wildman–Crippen MR) is 164 cm³/mol. The van der Waals surface area contributed by atoms with Gasteiger partial charge < -0.3 is 4.74 Å². The Balaban J connectivity index is 1.51. The molecule has 0 fully saturated rings. The molecule has 0 aliphatic heterocycles. The van der Waals surface area contributed by atoms with Gasteiger partial charge in [-0.1, -0.05) is 74.0 Å². The summed E-state index contributed by atoms with van der Waals surface area (Å²) in [6.45, 7) is 10.2. The lowest BCUT2D eigenvalue weighted by molar-refractivity contribution is 0.129. The fourth-order valence-corrected chi connectivity index (χ4v) is 5.06. The van der Waals surface area contributed by atoms with E-state index < -0.39 is 5.76 Å². The monoisotopic (exact) mass is 564 g/mol. The number of hydrogen-bond donors (Lipinski definition) is 1. The molecule has 0 atom stereocenters. The van der Waals surface area contributed by atoms with E-state index >= 15 is 0 Å². The van der Waals surface area contributed by atoms with Crippen molar-refractivity contribution in [2.45, 2.75) is 65.9 Å². The normalized spacial score (nSPS) is 11.5. The van der Waals surface area contributed by atoms with Crippen molar-refractivity contribution < 1.29 is 9.26 Å². The summed E-state index contributed by atoms with van der Waals surface area (Å²) in [7, 11) is 0. The van der Waals surface area contributed by atoms with Crippen LogP contribution in [0.5, 0.6) is 5.75 Å². The van der Waals surface area contributed by atoms with Crippen LogP contribution in [0.4, 0.5) is 0 Å². The first-order valence-corrected chi connectivity index (χ1v) is 14.3. The number of H-pyrrole nitrogens is 1. The van der Waals surface area contributed by atoms with E-state index in [1.165, 1.54) is 0 Å². The second-order valence-corrected chi connectivity index (χ2v) is 11.3. The Kier molecular flexibility index (Phi) is 8.24. The van der Waals surface area contributed by atoms with Crippen LogP contribution in [0, 0.1) is 0 Å². The van der Waals surface area contributed by atoms with E-state index in [4.69, 9.17) is 14.2 Å². The number of aryl methyl sites for hydroxylation is 2. The van der Waals surface area contributed by atoms with Crippen molar-refractivity contribution in [3.63, 3.8) is 0 Å². The van der Waals surface area contributed by atoms with Gasteiger partial charge in [0.25, 0.3) is 5.56 Å². The molecule has 0 saturated heterocycles. The fraction of sp³-hybridized carbons (Fsp3) is 0.294. The van der Waals surface area contributed by atoms with Crippen LogP contribution >= 0.6 is 0 Å². The molecule has 3 aromatic carbocycles. The molecular formula is C34H36N4O4. The molecule has 216 valence electrons. The van der Waals surface area contributed by atoms with Crippen LogP contribution in [-0.2, 0) is 19.3 Å². The van der Waals surface area contributed by atoms with Crippen LogP contribution in [0.3, 0.4) is 0 Å². The SMILES string of the molecule is CCCc1cc(=O)n(-c2ccc(OC(C)(C)C)c(Cc3ccc(-c4ccccc4-c4noc(=O)[nH]4)cc3)c2)c(CC)n1. The highest BCUT2D eigenvalue weighted by atomic mass is 16.5. The van der Waals surface area contributed by atoms with Gasteiger partial charge in [0.2, 0.25) is 0 Å². The third-order valence-corrected chi connectivity index (χ3v) is 6.86. The first-order valence-electron chi connectivity index (χ1n) is 14.3. The molecule has 2 aromatic heterocycles. The zero-order valence-corrected chi connectivity index (χ0v) is 24.7. The van der Waals surface area contributed by atoms with E-state index in [0.717, 1.165) is 63.6 Å². The van der Waals surface area contributed by atoms with Crippen molar-refractivity contribution in [1.29, 1.82) is 0 Å². The van der Waals surface area contributed by atoms with E-state index in [1.807, 2.05) is 70.2 Å². The van der Waals surface area contributed by atoms with Gasteiger partial charge in [0.15, 0.2) is 5.82 Å². The highest BCUT2D eigenvalue weighted by Gasteiger charge is 2.18. The smallest absolute Gasteiger partial charge is 0.439 e. The van der Waals surface area contributed by atoms with E-state index in [9.17, 15) is 9.59 Å². The minimum absolute atomic E-state index is 0.0720. The first-order chi connectivity index (χ1) is 20.1. The van der Waals surface area contributed by atoms with Crippen LogP contribution in [0.25, 0.3) is 28.2 Å². The summed E-state index contributed by atoms with van der Waals surface area (Å²) < 4.78 is 12.8. The average Bonchev–Trinajstić information content (AvgIpc) is 3.39. The maximum absolute atomic E-state index is 13.2. The number of nitrogens with zero attached hydrogens (tertiary/aromatic N) is 3. The minimum atomic E-state index is -0.591. The number of benzene rings is 3. The third kappa shape index (κ3) is 6.43. The number of hydrogen-bond acceptors (Lipinski definition) is 6. The van der Waals surface area contributed by atoms with Gasteiger partial charge in [-0.05, 0) is 62.1 Å². The minimum Gasteiger partial charge on any atom is -0.488 e. The van der Waals surface area contributed by atoms with Crippen molar-refractivity contribution in [3.8, 4) is 34.0 Å². The summed E-state index contributed by atoms with van der Waals surface area (Å²) in [5.41, 5.74) is 5.89. The lowest BCUT2D eigenvalue weighted by Crippen LogP contribution is -2.25. The van der Waals surface area contributed by atoms with Gasteiger partial charge in [-0.3, -0.25) is 18.9 Å².